The summed E-state index contributed by atoms with van der Waals surface area (Å²) in [7, 11) is 0. The fourth-order valence-corrected chi connectivity index (χ4v) is 3.33. The molecule has 1 N–H and O–H groups in total. The molecule has 19 heavy (non-hydrogen) atoms. The van der Waals surface area contributed by atoms with E-state index in [4.69, 9.17) is 16.3 Å². The molecule has 0 radical (unpaired) electrons. The van der Waals surface area contributed by atoms with Gasteiger partial charge in [-0.1, -0.05) is 23.7 Å². The second-order valence-corrected chi connectivity index (χ2v) is 6.12. The zero-order chi connectivity index (χ0) is 13.1. The molecule has 1 atom stereocenters. The van der Waals surface area contributed by atoms with E-state index in [-0.39, 0.29) is 0 Å². The van der Waals surface area contributed by atoms with Crippen LogP contribution < -0.4 is 5.32 Å². The molecule has 0 saturated carbocycles. The second-order valence-electron chi connectivity index (χ2n) is 4.77. The maximum absolute atomic E-state index is 6.03. The van der Waals surface area contributed by atoms with E-state index in [1.54, 1.807) is 11.3 Å². The SMILES string of the molecule is Clc1cccc(-c2cc(NC3CCCOC3)cs2)c1. The Morgan fingerprint density at radius 3 is 3.05 bits per heavy atom. The molecule has 2 nitrogen and oxygen atoms in total. The smallest absolute Gasteiger partial charge is 0.0667 e. The van der Waals surface area contributed by atoms with Gasteiger partial charge in [-0.3, -0.25) is 0 Å². The van der Waals surface area contributed by atoms with Crippen LogP contribution in [0.3, 0.4) is 0 Å². The van der Waals surface area contributed by atoms with E-state index in [2.05, 4.69) is 22.8 Å². The highest BCUT2D eigenvalue weighted by Gasteiger charge is 2.14. The van der Waals surface area contributed by atoms with Crippen LogP contribution in [0.5, 0.6) is 0 Å². The quantitative estimate of drug-likeness (QED) is 0.889. The first-order chi connectivity index (χ1) is 9.31. The second kappa shape index (κ2) is 5.95. The summed E-state index contributed by atoms with van der Waals surface area (Å²) in [5, 5.41) is 6.47. The van der Waals surface area contributed by atoms with Crippen molar-refractivity contribution in [3.63, 3.8) is 0 Å². The lowest BCUT2D eigenvalue weighted by atomic mass is 10.1. The van der Waals surface area contributed by atoms with Crippen LogP contribution in [-0.2, 0) is 4.74 Å². The van der Waals surface area contributed by atoms with Gasteiger partial charge in [-0.2, -0.15) is 0 Å². The van der Waals surface area contributed by atoms with Crippen molar-refractivity contribution in [2.45, 2.75) is 18.9 Å². The summed E-state index contributed by atoms with van der Waals surface area (Å²) in [6.07, 6.45) is 2.32. The molecule has 0 aliphatic carbocycles. The molecule has 100 valence electrons. The van der Waals surface area contributed by atoms with E-state index < -0.39 is 0 Å². The molecular formula is C15H16ClNOS. The van der Waals surface area contributed by atoms with Gasteiger partial charge in [0, 0.05) is 33.6 Å². The third-order valence-electron chi connectivity index (χ3n) is 3.24. The first-order valence-electron chi connectivity index (χ1n) is 6.50. The normalized spacial score (nSPS) is 19.3. The third kappa shape index (κ3) is 3.30. The van der Waals surface area contributed by atoms with Crippen LogP contribution in [0.2, 0.25) is 5.02 Å². The Labute approximate surface area is 122 Å². The number of hydrogen-bond donors (Lipinski definition) is 1. The molecule has 0 spiro atoms. The lowest BCUT2D eigenvalue weighted by Crippen LogP contribution is -2.29. The van der Waals surface area contributed by atoms with Crippen LogP contribution in [-0.4, -0.2) is 19.3 Å². The van der Waals surface area contributed by atoms with Gasteiger partial charge < -0.3 is 10.1 Å². The highest BCUT2D eigenvalue weighted by molar-refractivity contribution is 7.14. The molecule has 1 aromatic heterocycles. The summed E-state index contributed by atoms with van der Waals surface area (Å²) in [5.41, 5.74) is 2.35. The minimum atomic E-state index is 0.440. The Bertz CT molecular complexity index is 549. The van der Waals surface area contributed by atoms with Crippen LogP contribution in [0.4, 0.5) is 5.69 Å². The topological polar surface area (TPSA) is 21.3 Å². The average molecular weight is 294 g/mol. The zero-order valence-electron chi connectivity index (χ0n) is 10.6. The number of anilines is 1. The molecule has 0 bridgehead atoms. The van der Waals surface area contributed by atoms with Crippen LogP contribution in [0.15, 0.2) is 35.7 Å². The number of benzene rings is 1. The van der Waals surface area contributed by atoms with Crippen molar-refractivity contribution >= 4 is 28.6 Å². The number of hydrogen-bond acceptors (Lipinski definition) is 3. The Kier molecular flexibility index (Phi) is 4.06. The highest BCUT2D eigenvalue weighted by Crippen LogP contribution is 2.31. The molecule has 2 aromatic rings. The standard InChI is InChI=1S/C15H16ClNOS/c16-12-4-1-3-11(7-12)15-8-14(10-19-15)17-13-5-2-6-18-9-13/h1,3-4,7-8,10,13,17H,2,5-6,9H2. The first-order valence-corrected chi connectivity index (χ1v) is 7.76. The molecule has 1 unspecified atom stereocenters. The van der Waals surface area contributed by atoms with Gasteiger partial charge >= 0.3 is 0 Å². The Balaban J connectivity index is 1.72. The maximum Gasteiger partial charge on any atom is 0.0667 e. The summed E-state index contributed by atoms with van der Waals surface area (Å²) in [6, 6.07) is 10.6. The van der Waals surface area contributed by atoms with Gasteiger partial charge in [0.2, 0.25) is 0 Å². The largest absolute Gasteiger partial charge is 0.379 e. The molecular weight excluding hydrogens is 278 g/mol. The highest BCUT2D eigenvalue weighted by atomic mass is 35.5. The van der Waals surface area contributed by atoms with Crippen molar-refractivity contribution in [3.05, 3.63) is 40.7 Å². The van der Waals surface area contributed by atoms with Gasteiger partial charge in [0.05, 0.1) is 6.61 Å². The van der Waals surface area contributed by atoms with Crippen LogP contribution in [0.1, 0.15) is 12.8 Å². The molecule has 0 amide bonds. The fraction of sp³-hybridized carbons (Fsp3) is 0.333. The molecule has 1 saturated heterocycles. The van der Waals surface area contributed by atoms with Gasteiger partial charge in [0.1, 0.15) is 0 Å². The maximum atomic E-state index is 6.03. The average Bonchev–Trinajstić information content (AvgIpc) is 2.88. The summed E-state index contributed by atoms with van der Waals surface area (Å²) in [6.45, 7) is 1.71. The minimum Gasteiger partial charge on any atom is -0.379 e. The van der Waals surface area contributed by atoms with Gasteiger partial charge in [-0.15, -0.1) is 11.3 Å². The van der Waals surface area contributed by atoms with Gasteiger partial charge in [-0.25, -0.2) is 0 Å². The van der Waals surface area contributed by atoms with Crippen molar-refractivity contribution in [3.8, 4) is 10.4 Å². The monoisotopic (exact) mass is 293 g/mol. The number of thiophene rings is 1. The molecule has 4 heteroatoms. The van der Waals surface area contributed by atoms with Crippen molar-refractivity contribution in [1.82, 2.24) is 0 Å². The van der Waals surface area contributed by atoms with E-state index in [9.17, 15) is 0 Å². The Hall–Kier alpha value is -1.03. The minimum absolute atomic E-state index is 0.440. The summed E-state index contributed by atoms with van der Waals surface area (Å²) in [4.78, 5) is 1.24. The predicted octanol–water partition coefficient (Wildman–Crippen LogP) is 4.66. The lowest BCUT2D eigenvalue weighted by molar-refractivity contribution is 0.0876. The third-order valence-corrected chi connectivity index (χ3v) is 4.45. The van der Waals surface area contributed by atoms with Crippen LogP contribution in [0.25, 0.3) is 10.4 Å². The first kappa shape index (κ1) is 13.0. The van der Waals surface area contributed by atoms with Crippen molar-refractivity contribution in [1.29, 1.82) is 0 Å². The van der Waals surface area contributed by atoms with E-state index in [1.807, 2.05) is 18.2 Å². The fourth-order valence-electron chi connectivity index (χ4n) is 2.30. The van der Waals surface area contributed by atoms with Crippen molar-refractivity contribution < 1.29 is 4.74 Å². The van der Waals surface area contributed by atoms with E-state index in [1.165, 1.54) is 22.5 Å². The summed E-state index contributed by atoms with van der Waals surface area (Å²) < 4.78 is 5.48. The number of halogens is 1. The Morgan fingerprint density at radius 1 is 1.32 bits per heavy atom. The summed E-state index contributed by atoms with van der Waals surface area (Å²) >= 11 is 7.77. The van der Waals surface area contributed by atoms with Gasteiger partial charge in [-0.05, 0) is 36.6 Å². The van der Waals surface area contributed by atoms with Gasteiger partial charge in [0.25, 0.3) is 0 Å². The Morgan fingerprint density at radius 2 is 2.26 bits per heavy atom. The number of ether oxygens (including phenoxy) is 1. The number of nitrogens with one attached hydrogen (secondary N) is 1. The molecule has 2 heterocycles. The summed E-state index contributed by atoms with van der Waals surface area (Å²) in [5.74, 6) is 0. The van der Waals surface area contributed by atoms with Crippen molar-refractivity contribution in [2.24, 2.45) is 0 Å². The molecule has 1 aliphatic heterocycles. The number of rotatable bonds is 3. The predicted molar refractivity (Wildman–Crippen MR) is 82.2 cm³/mol. The molecule has 1 aromatic carbocycles. The van der Waals surface area contributed by atoms with E-state index >= 15 is 0 Å². The lowest BCUT2D eigenvalue weighted by Gasteiger charge is -2.23. The van der Waals surface area contributed by atoms with E-state index in [0.29, 0.717) is 6.04 Å². The molecule has 3 rings (SSSR count). The molecule has 1 fully saturated rings. The van der Waals surface area contributed by atoms with Gasteiger partial charge in [0.15, 0.2) is 0 Å². The zero-order valence-corrected chi connectivity index (χ0v) is 12.1. The van der Waals surface area contributed by atoms with Crippen molar-refractivity contribution in [2.75, 3.05) is 18.5 Å². The van der Waals surface area contributed by atoms with Crippen LogP contribution >= 0.6 is 22.9 Å². The van der Waals surface area contributed by atoms with Crippen LogP contribution in [0, 0.1) is 0 Å². The van der Waals surface area contributed by atoms with E-state index in [0.717, 1.165) is 24.7 Å². The molecule has 1 aliphatic rings.